The lowest BCUT2D eigenvalue weighted by Gasteiger charge is -2.26. The van der Waals surface area contributed by atoms with E-state index in [9.17, 15) is 5.11 Å². The van der Waals surface area contributed by atoms with Crippen LogP contribution in [0.2, 0.25) is 0 Å². The molecule has 0 aliphatic carbocycles. The highest BCUT2D eigenvalue weighted by Gasteiger charge is 2.21. The Labute approximate surface area is 62.1 Å². The van der Waals surface area contributed by atoms with Gasteiger partial charge in [0.25, 0.3) is 0 Å². The zero-order valence-corrected chi connectivity index (χ0v) is 6.89. The summed E-state index contributed by atoms with van der Waals surface area (Å²) in [6, 6.07) is 0. The number of hydrazine groups is 1. The topological polar surface area (TPSA) is 49.5 Å². The van der Waals surface area contributed by atoms with Crippen LogP contribution in [0.25, 0.3) is 0 Å². The van der Waals surface area contributed by atoms with Gasteiger partial charge in [0.15, 0.2) is 0 Å². The lowest BCUT2D eigenvalue weighted by molar-refractivity contribution is 0.0610. The number of nitrogens with zero attached hydrogens (tertiary/aromatic N) is 1. The standard InChI is InChI=1S/C7H16N2O/c1-6(2)7(3,10)5-9(4)8/h10H,1,5,8H2,2-4H3. The van der Waals surface area contributed by atoms with Crippen LogP contribution in [0.3, 0.4) is 0 Å². The van der Waals surface area contributed by atoms with Crippen molar-refractivity contribution in [2.75, 3.05) is 13.6 Å². The molecule has 0 spiro atoms. The van der Waals surface area contributed by atoms with Crippen LogP contribution in [-0.4, -0.2) is 29.3 Å². The Balaban J connectivity index is 4.00. The van der Waals surface area contributed by atoms with E-state index in [4.69, 9.17) is 5.84 Å². The van der Waals surface area contributed by atoms with E-state index in [0.717, 1.165) is 5.57 Å². The fourth-order valence-electron chi connectivity index (χ4n) is 0.621. The van der Waals surface area contributed by atoms with Gasteiger partial charge in [0.2, 0.25) is 0 Å². The second-order valence-electron chi connectivity index (χ2n) is 2.97. The van der Waals surface area contributed by atoms with Crippen LogP contribution >= 0.6 is 0 Å². The number of nitrogens with two attached hydrogens (primary N) is 1. The van der Waals surface area contributed by atoms with E-state index >= 15 is 0 Å². The highest BCUT2D eigenvalue weighted by Crippen LogP contribution is 2.13. The molecule has 0 aromatic heterocycles. The second kappa shape index (κ2) is 3.14. The summed E-state index contributed by atoms with van der Waals surface area (Å²) in [5.74, 6) is 5.35. The molecule has 0 bridgehead atoms. The highest BCUT2D eigenvalue weighted by atomic mass is 16.3. The van der Waals surface area contributed by atoms with Gasteiger partial charge in [0.1, 0.15) is 0 Å². The van der Waals surface area contributed by atoms with E-state index in [1.807, 2.05) is 0 Å². The van der Waals surface area contributed by atoms with Crippen LogP contribution in [-0.2, 0) is 0 Å². The summed E-state index contributed by atoms with van der Waals surface area (Å²) >= 11 is 0. The maximum atomic E-state index is 9.54. The molecule has 0 heterocycles. The number of aliphatic hydroxyl groups is 1. The van der Waals surface area contributed by atoms with Crippen LogP contribution < -0.4 is 5.84 Å². The van der Waals surface area contributed by atoms with E-state index in [-0.39, 0.29) is 0 Å². The lowest BCUT2D eigenvalue weighted by atomic mass is 9.99. The molecule has 0 aromatic carbocycles. The summed E-state index contributed by atoms with van der Waals surface area (Å²) < 4.78 is 0. The van der Waals surface area contributed by atoms with Crippen LogP contribution in [0.4, 0.5) is 0 Å². The maximum Gasteiger partial charge on any atom is 0.0963 e. The van der Waals surface area contributed by atoms with Gasteiger partial charge in [-0.3, -0.25) is 5.84 Å². The molecule has 10 heavy (non-hydrogen) atoms. The van der Waals surface area contributed by atoms with Crippen molar-refractivity contribution in [2.45, 2.75) is 19.4 Å². The normalized spacial score (nSPS) is 17.0. The zero-order chi connectivity index (χ0) is 8.36. The molecule has 1 atom stereocenters. The number of hydrogen-bond acceptors (Lipinski definition) is 3. The first kappa shape index (κ1) is 9.62. The molecule has 0 amide bonds. The van der Waals surface area contributed by atoms with Gasteiger partial charge in [-0.15, -0.1) is 0 Å². The molecular weight excluding hydrogens is 128 g/mol. The van der Waals surface area contributed by atoms with Crippen molar-refractivity contribution >= 4 is 0 Å². The van der Waals surface area contributed by atoms with Crippen LogP contribution in [0.5, 0.6) is 0 Å². The molecule has 0 aromatic rings. The quantitative estimate of drug-likeness (QED) is 0.336. The van der Waals surface area contributed by atoms with Crippen molar-refractivity contribution in [1.29, 1.82) is 0 Å². The Morgan fingerprint density at radius 2 is 2.20 bits per heavy atom. The number of likely N-dealkylation sites (N-methyl/N-ethyl adjacent to an activating group) is 1. The van der Waals surface area contributed by atoms with Crippen LogP contribution in [0.1, 0.15) is 13.8 Å². The van der Waals surface area contributed by atoms with Crippen molar-refractivity contribution in [3.05, 3.63) is 12.2 Å². The molecule has 0 fully saturated rings. The minimum atomic E-state index is -0.872. The van der Waals surface area contributed by atoms with Gasteiger partial charge in [-0.05, 0) is 19.4 Å². The predicted molar refractivity (Wildman–Crippen MR) is 42.3 cm³/mol. The Kier molecular flexibility index (Phi) is 3.02. The van der Waals surface area contributed by atoms with Gasteiger partial charge in [0.05, 0.1) is 5.60 Å². The monoisotopic (exact) mass is 144 g/mol. The van der Waals surface area contributed by atoms with Crippen LogP contribution in [0.15, 0.2) is 12.2 Å². The Morgan fingerprint density at radius 1 is 1.80 bits per heavy atom. The largest absolute Gasteiger partial charge is 0.384 e. The summed E-state index contributed by atoms with van der Waals surface area (Å²) in [6.07, 6.45) is 0. The van der Waals surface area contributed by atoms with Crippen molar-refractivity contribution in [3.63, 3.8) is 0 Å². The predicted octanol–water partition coefficient (Wildman–Crippen LogP) is 0.119. The van der Waals surface area contributed by atoms with E-state index in [1.54, 1.807) is 20.9 Å². The fraction of sp³-hybridized carbons (Fsp3) is 0.714. The average molecular weight is 144 g/mol. The molecule has 60 valence electrons. The third-order valence-corrected chi connectivity index (χ3v) is 1.48. The van der Waals surface area contributed by atoms with Gasteiger partial charge in [-0.2, -0.15) is 0 Å². The van der Waals surface area contributed by atoms with Crippen LogP contribution in [0, 0.1) is 0 Å². The molecule has 0 aliphatic rings. The summed E-state index contributed by atoms with van der Waals surface area (Å²) in [5.41, 5.74) is -0.145. The van der Waals surface area contributed by atoms with Crippen molar-refractivity contribution in [3.8, 4) is 0 Å². The first-order valence-corrected chi connectivity index (χ1v) is 3.20. The molecule has 0 radical (unpaired) electrons. The number of rotatable bonds is 3. The fourth-order valence-corrected chi connectivity index (χ4v) is 0.621. The zero-order valence-electron chi connectivity index (χ0n) is 6.89. The van der Waals surface area contributed by atoms with E-state index in [2.05, 4.69) is 6.58 Å². The average Bonchev–Trinajstić information content (AvgIpc) is 1.60. The molecule has 3 nitrogen and oxygen atoms in total. The van der Waals surface area contributed by atoms with Gasteiger partial charge in [-0.1, -0.05) is 6.58 Å². The van der Waals surface area contributed by atoms with Gasteiger partial charge >= 0.3 is 0 Å². The van der Waals surface area contributed by atoms with E-state index in [1.165, 1.54) is 5.01 Å². The molecular formula is C7H16N2O. The van der Waals surface area contributed by atoms with Gasteiger partial charge in [-0.25, -0.2) is 5.01 Å². The van der Waals surface area contributed by atoms with E-state index in [0.29, 0.717) is 6.54 Å². The molecule has 0 aliphatic heterocycles. The molecule has 3 N–H and O–H groups in total. The Bertz CT molecular complexity index is 130. The first-order valence-electron chi connectivity index (χ1n) is 3.20. The smallest absolute Gasteiger partial charge is 0.0963 e. The minimum absolute atomic E-state index is 0.405. The lowest BCUT2D eigenvalue weighted by Crippen LogP contribution is -2.42. The number of hydrogen-bond donors (Lipinski definition) is 2. The van der Waals surface area contributed by atoms with Crippen molar-refractivity contribution < 1.29 is 5.11 Å². The molecule has 1 unspecified atom stereocenters. The minimum Gasteiger partial charge on any atom is -0.384 e. The third-order valence-electron chi connectivity index (χ3n) is 1.48. The Hall–Kier alpha value is -0.380. The Morgan fingerprint density at radius 3 is 2.30 bits per heavy atom. The third kappa shape index (κ3) is 2.96. The van der Waals surface area contributed by atoms with E-state index < -0.39 is 5.60 Å². The van der Waals surface area contributed by atoms with Crippen molar-refractivity contribution in [2.24, 2.45) is 5.84 Å². The molecule has 0 saturated heterocycles. The highest BCUT2D eigenvalue weighted by molar-refractivity contribution is 5.07. The first-order chi connectivity index (χ1) is 4.36. The van der Waals surface area contributed by atoms with Gasteiger partial charge in [0, 0.05) is 13.6 Å². The summed E-state index contributed by atoms with van der Waals surface area (Å²) in [5, 5.41) is 11.0. The molecule has 0 rings (SSSR count). The van der Waals surface area contributed by atoms with Gasteiger partial charge < -0.3 is 5.11 Å². The summed E-state index contributed by atoms with van der Waals surface area (Å²) in [7, 11) is 1.71. The maximum absolute atomic E-state index is 9.54. The summed E-state index contributed by atoms with van der Waals surface area (Å²) in [4.78, 5) is 0. The van der Waals surface area contributed by atoms with Crippen molar-refractivity contribution in [1.82, 2.24) is 5.01 Å². The molecule has 0 saturated carbocycles. The second-order valence-corrected chi connectivity index (χ2v) is 2.97. The SMILES string of the molecule is C=C(C)C(C)(O)CN(C)N. The molecule has 3 heteroatoms. The summed E-state index contributed by atoms with van der Waals surface area (Å²) in [6.45, 7) is 7.53.